The molecule has 0 aromatic carbocycles. The first-order valence-electron chi connectivity index (χ1n) is 6.88. The van der Waals surface area contributed by atoms with Crippen LogP contribution in [0.1, 0.15) is 40.0 Å². The first kappa shape index (κ1) is 17.4. The summed E-state index contributed by atoms with van der Waals surface area (Å²) in [5, 5.41) is 3.00. The Bertz CT molecular complexity index is 373. The lowest BCUT2D eigenvalue weighted by Gasteiger charge is -2.07. The second-order valence-corrected chi connectivity index (χ2v) is 4.90. The summed E-state index contributed by atoms with van der Waals surface area (Å²) in [6.07, 6.45) is 12.2. The van der Waals surface area contributed by atoms with Gasteiger partial charge >= 0.3 is 0 Å². The molecule has 19 heavy (non-hydrogen) atoms. The molecule has 2 heteroatoms. The summed E-state index contributed by atoms with van der Waals surface area (Å²) in [5.74, 6) is 0.485. The second kappa shape index (κ2) is 10.4. The van der Waals surface area contributed by atoms with Crippen LogP contribution in [0.3, 0.4) is 0 Å². The molecule has 106 valence electrons. The maximum absolute atomic E-state index is 11.6. The molecule has 0 aliphatic rings. The fraction of sp³-hybridized carbons (Fsp3) is 0.471. The maximum atomic E-state index is 11.6. The lowest BCUT2D eigenvalue weighted by Crippen LogP contribution is -2.06. The van der Waals surface area contributed by atoms with Crippen LogP contribution in [0.2, 0.25) is 0 Å². The van der Waals surface area contributed by atoms with Crippen LogP contribution < -0.4 is 5.32 Å². The molecule has 0 aromatic heterocycles. The lowest BCUT2D eigenvalue weighted by atomic mass is 9.98. The quantitative estimate of drug-likeness (QED) is 0.631. The topological polar surface area (TPSA) is 29.1 Å². The van der Waals surface area contributed by atoms with E-state index < -0.39 is 0 Å². The molecule has 0 bridgehead atoms. The van der Waals surface area contributed by atoms with Crippen molar-refractivity contribution in [1.29, 1.82) is 0 Å². The number of hydrogen-bond donors (Lipinski definition) is 1. The highest BCUT2D eigenvalue weighted by atomic mass is 16.1. The number of nitrogens with one attached hydrogen (secondary N) is 1. The lowest BCUT2D eigenvalue weighted by molar-refractivity contribution is -0.121. The van der Waals surface area contributed by atoms with Crippen LogP contribution >= 0.6 is 0 Å². The van der Waals surface area contributed by atoms with Gasteiger partial charge in [-0.3, -0.25) is 4.79 Å². The number of carbonyl (C=O) groups excluding carboxylic acids is 1. The van der Waals surface area contributed by atoms with E-state index in [2.05, 4.69) is 24.9 Å². The Labute approximate surface area is 118 Å². The van der Waals surface area contributed by atoms with Gasteiger partial charge in [0.15, 0.2) is 0 Å². The van der Waals surface area contributed by atoms with Gasteiger partial charge in [0.25, 0.3) is 0 Å². The molecule has 0 spiro atoms. The van der Waals surface area contributed by atoms with Gasteiger partial charge in [-0.1, -0.05) is 38.7 Å². The first-order chi connectivity index (χ1) is 9.02. The Hall–Kier alpha value is -1.57. The van der Waals surface area contributed by atoms with Crippen molar-refractivity contribution in [1.82, 2.24) is 5.32 Å². The predicted molar refractivity (Wildman–Crippen MR) is 83.9 cm³/mol. The maximum Gasteiger partial charge on any atom is 0.135 e. The molecule has 0 saturated carbocycles. The van der Waals surface area contributed by atoms with Gasteiger partial charge in [-0.2, -0.15) is 0 Å². The second-order valence-electron chi connectivity index (χ2n) is 4.90. The van der Waals surface area contributed by atoms with E-state index in [1.807, 2.05) is 39.2 Å². The Morgan fingerprint density at radius 3 is 2.47 bits per heavy atom. The number of Topliss-reactive ketones (excluding diaryl/α,β-unsaturated/α-hetero) is 1. The van der Waals surface area contributed by atoms with E-state index in [0.29, 0.717) is 12.2 Å². The molecule has 0 amide bonds. The summed E-state index contributed by atoms with van der Waals surface area (Å²) in [5.41, 5.74) is 2.47. The fourth-order valence-electron chi connectivity index (χ4n) is 1.66. The number of ketones is 1. The van der Waals surface area contributed by atoms with E-state index in [9.17, 15) is 4.79 Å². The molecule has 2 nitrogen and oxygen atoms in total. The number of carbonyl (C=O) groups is 1. The molecule has 0 heterocycles. The van der Waals surface area contributed by atoms with Crippen molar-refractivity contribution >= 4 is 5.78 Å². The molecule has 1 N–H and O–H groups in total. The van der Waals surface area contributed by atoms with Crippen LogP contribution in [-0.4, -0.2) is 12.8 Å². The average Bonchev–Trinajstić information content (AvgIpc) is 2.39. The minimum Gasteiger partial charge on any atom is -0.394 e. The van der Waals surface area contributed by atoms with Crippen molar-refractivity contribution in [2.45, 2.75) is 40.0 Å². The summed E-state index contributed by atoms with van der Waals surface area (Å²) in [7, 11) is 1.88. The summed E-state index contributed by atoms with van der Waals surface area (Å²) >= 11 is 0. The minimum absolute atomic E-state index is 0.141. The third kappa shape index (κ3) is 8.20. The van der Waals surface area contributed by atoms with Gasteiger partial charge in [-0.25, -0.2) is 0 Å². The number of hydrogen-bond acceptors (Lipinski definition) is 2. The molecule has 0 aliphatic carbocycles. The zero-order valence-electron chi connectivity index (χ0n) is 12.7. The average molecular weight is 261 g/mol. The zero-order valence-corrected chi connectivity index (χ0v) is 12.7. The summed E-state index contributed by atoms with van der Waals surface area (Å²) < 4.78 is 0. The van der Waals surface area contributed by atoms with Crippen LogP contribution in [0.5, 0.6) is 0 Å². The highest BCUT2D eigenvalue weighted by Gasteiger charge is 2.07. The zero-order chi connectivity index (χ0) is 14.7. The minimum atomic E-state index is 0.141. The molecular formula is C17H27NO. The van der Waals surface area contributed by atoms with E-state index >= 15 is 0 Å². The SMILES string of the molecule is C=C\C=C/C(C)=C(/C=C\NC)CCCC(=O)C(C)C. The van der Waals surface area contributed by atoms with Gasteiger partial charge in [-0.05, 0) is 43.2 Å². The number of allylic oxidation sites excluding steroid dienone is 6. The monoisotopic (exact) mass is 261 g/mol. The van der Waals surface area contributed by atoms with E-state index in [-0.39, 0.29) is 5.92 Å². The molecule has 0 radical (unpaired) electrons. The van der Waals surface area contributed by atoms with Crippen molar-refractivity contribution in [2.75, 3.05) is 7.05 Å². The third-order valence-electron chi connectivity index (χ3n) is 2.95. The smallest absolute Gasteiger partial charge is 0.135 e. The standard InChI is InChI=1S/C17H27NO/c1-6-7-9-15(4)16(12-13-18-5)10-8-11-17(19)14(2)3/h6-7,9,12-14,18H,1,8,10-11H2,2-5H3/b9-7-,13-12-,16-15+. The van der Waals surface area contributed by atoms with E-state index in [4.69, 9.17) is 0 Å². The Kier molecular flexibility index (Phi) is 9.51. The van der Waals surface area contributed by atoms with Crippen LogP contribution in [0.4, 0.5) is 0 Å². The normalized spacial score (nSPS) is 13.1. The fourth-order valence-corrected chi connectivity index (χ4v) is 1.66. The van der Waals surface area contributed by atoms with E-state index in [0.717, 1.165) is 12.8 Å². The van der Waals surface area contributed by atoms with Crippen molar-refractivity contribution in [3.8, 4) is 0 Å². The third-order valence-corrected chi connectivity index (χ3v) is 2.95. The summed E-state index contributed by atoms with van der Waals surface area (Å²) in [6, 6.07) is 0. The Morgan fingerprint density at radius 2 is 1.95 bits per heavy atom. The van der Waals surface area contributed by atoms with Crippen molar-refractivity contribution < 1.29 is 4.79 Å². The molecule has 0 atom stereocenters. The van der Waals surface area contributed by atoms with Crippen LogP contribution in [0, 0.1) is 5.92 Å². The van der Waals surface area contributed by atoms with Gasteiger partial charge in [0.1, 0.15) is 5.78 Å². The highest BCUT2D eigenvalue weighted by Crippen LogP contribution is 2.16. The van der Waals surface area contributed by atoms with E-state index in [1.165, 1.54) is 11.1 Å². The van der Waals surface area contributed by atoms with Crippen LogP contribution in [-0.2, 0) is 4.79 Å². The van der Waals surface area contributed by atoms with Gasteiger partial charge in [-0.15, -0.1) is 0 Å². The van der Waals surface area contributed by atoms with Gasteiger partial charge in [0.2, 0.25) is 0 Å². The van der Waals surface area contributed by atoms with Crippen LogP contribution in [0.15, 0.2) is 48.2 Å². The van der Waals surface area contributed by atoms with Gasteiger partial charge in [0, 0.05) is 19.4 Å². The molecule has 0 unspecified atom stereocenters. The van der Waals surface area contributed by atoms with Crippen LogP contribution in [0.25, 0.3) is 0 Å². The molecule has 0 saturated heterocycles. The summed E-state index contributed by atoms with van der Waals surface area (Å²) in [4.78, 5) is 11.6. The largest absolute Gasteiger partial charge is 0.394 e. The number of rotatable bonds is 9. The van der Waals surface area contributed by atoms with Crippen molar-refractivity contribution in [3.63, 3.8) is 0 Å². The highest BCUT2D eigenvalue weighted by molar-refractivity contribution is 5.80. The first-order valence-corrected chi connectivity index (χ1v) is 6.88. The predicted octanol–water partition coefficient (Wildman–Crippen LogP) is 4.17. The van der Waals surface area contributed by atoms with Crippen molar-refractivity contribution in [3.05, 3.63) is 48.2 Å². The van der Waals surface area contributed by atoms with Gasteiger partial charge < -0.3 is 5.32 Å². The molecule has 0 fully saturated rings. The molecule has 0 rings (SSSR count). The van der Waals surface area contributed by atoms with Crippen molar-refractivity contribution in [2.24, 2.45) is 5.92 Å². The van der Waals surface area contributed by atoms with E-state index in [1.54, 1.807) is 6.08 Å². The Morgan fingerprint density at radius 1 is 1.26 bits per heavy atom. The molecule has 0 aliphatic heterocycles. The summed E-state index contributed by atoms with van der Waals surface area (Å²) in [6.45, 7) is 9.67. The van der Waals surface area contributed by atoms with Gasteiger partial charge in [0.05, 0.1) is 0 Å². The molecule has 0 aromatic rings. The molecular weight excluding hydrogens is 234 g/mol. The Balaban J connectivity index is 4.61.